The molecular weight excluding hydrogens is 439 g/mol. The van der Waals surface area contributed by atoms with Crippen molar-refractivity contribution in [2.24, 2.45) is 5.92 Å². The number of para-hydroxylation sites is 1. The minimum Gasteiger partial charge on any atom is -0.492 e. The van der Waals surface area contributed by atoms with E-state index in [1.165, 1.54) is 0 Å². The van der Waals surface area contributed by atoms with Crippen molar-refractivity contribution in [3.63, 3.8) is 0 Å². The van der Waals surface area contributed by atoms with Gasteiger partial charge in [-0.2, -0.15) is 0 Å². The molecule has 8 heteroatoms. The summed E-state index contributed by atoms with van der Waals surface area (Å²) in [5.41, 5.74) is 1.00. The van der Waals surface area contributed by atoms with Gasteiger partial charge in [-0.05, 0) is 49.6 Å². The number of ketones is 1. The first-order valence-corrected chi connectivity index (χ1v) is 10.9. The smallest absolute Gasteiger partial charge is 0.288 e. The van der Waals surface area contributed by atoms with Crippen LogP contribution in [0.2, 0.25) is 10.0 Å². The Kier molecular flexibility index (Phi) is 7.93. The van der Waals surface area contributed by atoms with Crippen molar-refractivity contribution in [3.05, 3.63) is 64.1 Å². The number of aryl methyl sites for hydroxylation is 1. The molecule has 2 aromatic carbocycles. The predicted octanol–water partition coefficient (Wildman–Crippen LogP) is 3.54. The number of rotatable bonds is 9. The van der Waals surface area contributed by atoms with Crippen LogP contribution in [0.5, 0.6) is 5.75 Å². The third-order valence-corrected chi connectivity index (χ3v) is 5.93. The number of halogens is 2. The lowest BCUT2D eigenvalue weighted by Crippen LogP contribution is -2.44. The van der Waals surface area contributed by atoms with Crippen LogP contribution in [0.4, 0.5) is 0 Å². The number of hydrogen-bond acceptors (Lipinski definition) is 4. The summed E-state index contributed by atoms with van der Waals surface area (Å²) >= 11 is 12.0. The molecule has 1 aliphatic heterocycles. The Hall–Kier alpha value is -2.57. The maximum absolute atomic E-state index is 13.1. The zero-order valence-electron chi connectivity index (χ0n) is 17.1. The van der Waals surface area contributed by atoms with E-state index in [2.05, 4.69) is 5.32 Å². The van der Waals surface area contributed by atoms with Crippen molar-refractivity contribution >= 4 is 40.8 Å². The molecule has 2 amide bonds. The molecular formula is C23H24Cl2N2O4. The first kappa shape index (κ1) is 23.1. The second-order valence-corrected chi connectivity index (χ2v) is 8.26. The van der Waals surface area contributed by atoms with Gasteiger partial charge < -0.3 is 15.0 Å². The van der Waals surface area contributed by atoms with Crippen molar-refractivity contribution in [1.29, 1.82) is 0 Å². The highest BCUT2D eigenvalue weighted by atomic mass is 35.5. The largest absolute Gasteiger partial charge is 0.492 e. The van der Waals surface area contributed by atoms with Crippen LogP contribution in [0.15, 0.2) is 48.5 Å². The zero-order chi connectivity index (χ0) is 22.4. The molecule has 1 fully saturated rings. The molecule has 1 saturated heterocycles. The fourth-order valence-corrected chi connectivity index (χ4v) is 3.86. The second kappa shape index (κ2) is 10.6. The van der Waals surface area contributed by atoms with E-state index in [9.17, 15) is 14.4 Å². The number of hydrogen-bond donors (Lipinski definition) is 1. The molecule has 0 spiro atoms. The molecule has 2 unspecified atom stereocenters. The number of nitrogens with zero attached hydrogens (tertiary/aromatic N) is 1. The molecule has 0 aliphatic carbocycles. The Morgan fingerprint density at radius 1 is 1.06 bits per heavy atom. The highest BCUT2D eigenvalue weighted by Crippen LogP contribution is 2.23. The molecule has 3 rings (SSSR count). The van der Waals surface area contributed by atoms with Crippen LogP contribution >= 0.6 is 23.2 Å². The van der Waals surface area contributed by atoms with E-state index in [4.69, 9.17) is 27.9 Å². The fraction of sp³-hybridized carbons (Fsp3) is 0.348. The molecule has 0 saturated carbocycles. The van der Waals surface area contributed by atoms with Gasteiger partial charge in [0.1, 0.15) is 18.3 Å². The normalized spacial score (nSPS) is 18.0. The number of nitrogens with one attached hydrogen (secondary N) is 1. The van der Waals surface area contributed by atoms with Crippen molar-refractivity contribution in [3.8, 4) is 5.75 Å². The Morgan fingerprint density at radius 2 is 1.81 bits per heavy atom. The summed E-state index contributed by atoms with van der Waals surface area (Å²) in [7, 11) is 0. The summed E-state index contributed by atoms with van der Waals surface area (Å²) in [4.78, 5) is 38.6. The number of carbonyl (C=O) groups is 3. The SMILES string of the molecule is CC1NC(=O)C(=O)C1C(=O)N(CCCc1ccc(Cl)c(Cl)c1)CCOc1ccccc1. The van der Waals surface area contributed by atoms with Crippen molar-refractivity contribution < 1.29 is 19.1 Å². The molecule has 2 atom stereocenters. The fourth-order valence-electron chi connectivity index (χ4n) is 3.54. The molecule has 1 heterocycles. The van der Waals surface area contributed by atoms with Crippen molar-refractivity contribution in [2.75, 3.05) is 19.7 Å². The first-order valence-electron chi connectivity index (χ1n) is 10.1. The molecule has 2 aromatic rings. The number of ether oxygens (including phenoxy) is 1. The van der Waals surface area contributed by atoms with E-state index in [1.807, 2.05) is 36.4 Å². The molecule has 0 radical (unpaired) electrons. The highest BCUT2D eigenvalue weighted by Gasteiger charge is 2.44. The van der Waals surface area contributed by atoms with Gasteiger partial charge in [0.25, 0.3) is 5.91 Å². The van der Waals surface area contributed by atoms with Gasteiger partial charge in [-0.1, -0.05) is 47.5 Å². The van der Waals surface area contributed by atoms with Crippen LogP contribution in [0.25, 0.3) is 0 Å². The lowest BCUT2D eigenvalue weighted by molar-refractivity contribution is -0.144. The molecule has 1 N–H and O–H groups in total. The Bertz CT molecular complexity index is 952. The van der Waals surface area contributed by atoms with E-state index in [1.54, 1.807) is 24.0 Å². The van der Waals surface area contributed by atoms with Crippen LogP contribution < -0.4 is 10.1 Å². The van der Waals surface area contributed by atoms with E-state index in [0.29, 0.717) is 41.7 Å². The third-order valence-electron chi connectivity index (χ3n) is 5.19. The molecule has 1 aliphatic rings. The van der Waals surface area contributed by atoms with E-state index < -0.39 is 23.7 Å². The summed E-state index contributed by atoms with van der Waals surface area (Å²) < 4.78 is 5.72. The zero-order valence-corrected chi connectivity index (χ0v) is 18.7. The first-order chi connectivity index (χ1) is 14.9. The summed E-state index contributed by atoms with van der Waals surface area (Å²) in [6.45, 7) is 2.67. The number of carbonyl (C=O) groups excluding carboxylic acids is 3. The maximum atomic E-state index is 13.1. The van der Waals surface area contributed by atoms with Crippen LogP contribution in [0.3, 0.4) is 0 Å². The van der Waals surface area contributed by atoms with Crippen LogP contribution in [-0.4, -0.2) is 48.2 Å². The van der Waals surface area contributed by atoms with Gasteiger partial charge in [-0.15, -0.1) is 0 Å². The Morgan fingerprint density at radius 3 is 2.45 bits per heavy atom. The Balaban J connectivity index is 1.64. The van der Waals surface area contributed by atoms with Gasteiger partial charge in [-0.25, -0.2) is 0 Å². The quantitative estimate of drug-likeness (QED) is 0.456. The van der Waals surface area contributed by atoms with Crippen molar-refractivity contribution in [2.45, 2.75) is 25.8 Å². The predicted molar refractivity (Wildman–Crippen MR) is 119 cm³/mol. The second-order valence-electron chi connectivity index (χ2n) is 7.44. The number of amides is 2. The number of Topliss-reactive ketones (excluding diaryl/α,β-unsaturated/α-hetero) is 1. The van der Waals surface area contributed by atoms with Gasteiger partial charge in [0, 0.05) is 12.6 Å². The van der Waals surface area contributed by atoms with Crippen LogP contribution in [-0.2, 0) is 20.8 Å². The van der Waals surface area contributed by atoms with Gasteiger partial charge >= 0.3 is 0 Å². The molecule has 164 valence electrons. The summed E-state index contributed by atoms with van der Waals surface area (Å²) in [5, 5.41) is 3.51. The molecule has 6 nitrogen and oxygen atoms in total. The van der Waals surface area contributed by atoms with E-state index >= 15 is 0 Å². The van der Waals surface area contributed by atoms with Gasteiger partial charge in [0.05, 0.1) is 16.6 Å². The monoisotopic (exact) mass is 462 g/mol. The molecule has 31 heavy (non-hydrogen) atoms. The third kappa shape index (κ3) is 5.99. The average Bonchev–Trinajstić information content (AvgIpc) is 3.01. The van der Waals surface area contributed by atoms with Gasteiger partial charge in [-0.3, -0.25) is 14.4 Å². The molecule has 0 bridgehead atoms. The lowest BCUT2D eigenvalue weighted by Gasteiger charge is -2.26. The maximum Gasteiger partial charge on any atom is 0.288 e. The minimum atomic E-state index is -1.01. The van der Waals surface area contributed by atoms with E-state index in [-0.39, 0.29) is 12.5 Å². The summed E-state index contributed by atoms with van der Waals surface area (Å²) in [5.74, 6) is -2.05. The number of benzene rings is 2. The van der Waals surface area contributed by atoms with Gasteiger partial charge in [0.2, 0.25) is 11.7 Å². The standard InChI is InChI=1S/C23H24Cl2N2O4/c1-15-20(21(28)22(29)26-15)23(30)27(12-13-31-17-7-3-2-4-8-17)11-5-6-16-9-10-18(24)19(25)14-16/h2-4,7-10,14-15,20H,5-6,11-13H2,1H3,(H,26,29). The van der Waals surface area contributed by atoms with Crippen LogP contribution in [0.1, 0.15) is 18.9 Å². The Labute approximate surface area is 191 Å². The topological polar surface area (TPSA) is 75.7 Å². The summed E-state index contributed by atoms with van der Waals surface area (Å²) in [6, 6.07) is 14.2. The van der Waals surface area contributed by atoms with E-state index in [0.717, 1.165) is 5.56 Å². The highest BCUT2D eigenvalue weighted by molar-refractivity contribution is 6.43. The van der Waals surface area contributed by atoms with Crippen LogP contribution in [0, 0.1) is 5.92 Å². The van der Waals surface area contributed by atoms with Crippen molar-refractivity contribution in [1.82, 2.24) is 10.2 Å². The van der Waals surface area contributed by atoms with Gasteiger partial charge in [0.15, 0.2) is 0 Å². The summed E-state index contributed by atoms with van der Waals surface area (Å²) in [6.07, 6.45) is 1.34. The molecule has 0 aromatic heterocycles. The minimum absolute atomic E-state index is 0.277. The lowest BCUT2D eigenvalue weighted by atomic mass is 9.98. The average molecular weight is 463 g/mol.